The zero-order valence-corrected chi connectivity index (χ0v) is 19.7. The van der Waals surface area contributed by atoms with Crippen LogP contribution in [0.2, 0.25) is 0 Å². The smallest absolute Gasteiger partial charge is 0.243 e. The molecule has 1 fully saturated rings. The lowest BCUT2D eigenvalue weighted by Crippen LogP contribution is -2.46. The molecule has 1 saturated heterocycles. The van der Waals surface area contributed by atoms with E-state index in [1.807, 2.05) is 6.07 Å². The van der Waals surface area contributed by atoms with E-state index in [2.05, 4.69) is 51.7 Å². The molecule has 1 amide bonds. The van der Waals surface area contributed by atoms with Gasteiger partial charge in [0, 0.05) is 52.9 Å². The van der Waals surface area contributed by atoms with Crippen molar-refractivity contribution in [3.05, 3.63) is 35.9 Å². The normalized spacial score (nSPS) is 19.8. The number of nitrogens with one attached hydrogen (secondary N) is 2. The molecular formula is C20H34IN5O2. The standard InChI is InChI=1S/C20H33N5O2.HI/c1-16-12-18(15-25(16)14-17-8-6-5-7-9-17)23-20(21-10-11-27-4)22-13-19(26)24(2)3;/h5-9,16,18H,10-15H2,1-4H3,(H2,21,22,23);1H. The molecule has 0 aliphatic carbocycles. The first-order chi connectivity index (χ1) is 13.0. The molecular weight excluding hydrogens is 469 g/mol. The van der Waals surface area contributed by atoms with Crippen LogP contribution in [0.5, 0.6) is 0 Å². The molecule has 1 aromatic carbocycles. The molecule has 8 heteroatoms. The second-order valence-electron chi connectivity index (χ2n) is 7.21. The first-order valence-electron chi connectivity index (χ1n) is 9.51. The van der Waals surface area contributed by atoms with E-state index in [0.29, 0.717) is 31.2 Å². The van der Waals surface area contributed by atoms with Crippen molar-refractivity contribution in [1.29, 1.82) is 0 Å². The van der Waals surface area contributed by atoms with Crippen LogP contribution in [-0.4, -0.2) is 81.2 Å². The number of guanidine groups is 1. The van der Waals surface area contributed by atoms with Crippen LogP contribution < -0.4 is 10.6 Å². The minimum Gasteiger partial charge on any atom is -0.383 e. The predicted molar refractivity (Wildman–Crippen MR) is 124 cm³/mol. The molecule has 0 aromatic heterocycles. The summed E-state index contributed by atoms with van der Waals surface area (Å²) >= 11 is 0. The second kappa shape index (κ2) is 12.9. The highest BCUT2D eigenvalue weighted by Gasteiger charge is 2.29. The van der Waals surface area contributed by atoms with Crippen molar-refractivity contribution in [3.8, 4) is 0 Å². The summed E-state index contributed by atoms with van der Waals surface area (Å²) in [5.74, 6) is 0.648. The van der Waals surface area contributed by atoms with Crippen molar-refractivity contribution in [2.45, 2.75) is 32.0 Å². The molecule has 1 aromatic rings. The molecule has 2 rings (SSSR count). The van der Waals surface area contributed by atoms with E-state index in [9.17, 15) is 4.79 Å². The topological polar surface area (TPSA) is 69.2 Å². The van der Waals surface area contributed by atoms with E-state index < -0.39 is 0 Å². The van der Waals surface area contributed by atoms with Crippen molar-refractivity contribution >= 4 is 35.8 Å². The molecule has 0 spiro atoms. The minimum atomic E-state index is -0.0201. The average Bonchev–Trinajstić information content (AvgIpc) is 2.99. The van der Waals surface area contributed by atoms with Gasteiger partial charge in [0.1, 0.15) is 6.54 Å². The molecule has 2 atom stereocenters. The summed E-state index contributed by atoms with van der Waals surface area (Å²) in [7, 11) is 5.15. The van der Waals surface area contributed by atoms with Gasteiger partial charge in [0.05, 0.1) is 6.61 Å². The first-order valence-corrected chi connectivity index (χ1v) is 9.51. The molecule has 158 valence electrons. The largest absolute Gasteiger partial charge is 0.383 e. The Morgan fingerprint density at radius 1 is 1.32 bits per heavy atom. The van der Waals surface area contributed by atoms with E-state index >= 15 is 0 Å². The summed E-state index contributed by atoms with van der Waals surface area (Å²) in [6, 6.07) is 11.3. The summed E-state index contributed by atoms with van der Waals surface area (Å²) < 4.78 is 5.10. The molecule has 0 bridgehead atoms. The Balaban J connectivity index is 0.00000392. The number of amides is 1. The van der Waals surface area contributed by atoms with Gasteiger partial charge in [-0.1, -0.05) is 30.3 Å². The molecule has 0 saturated carbocycles. The molecule has 2 N–H and O–H groups in total. The van der Waals surface area contributed by atoms with Gasteiger partial charge in [-0.25, -0.2) is 4.99 Å². The Hall–Kier alpha value is -1.39. The van der Waals surface area contributed by atoms with E-state index in [0.717, 1.165) is 19.5 Å². The van der Waals surface area contributed by atoms with E-state index in [1.165, 1.54) is 5.56 Å². The van der Waals surface area contributed by atoms with Crippen molar-refractivity contribution < 1.29 is 9.53 Å². The van der Waals surface area contributed by atoms with Gasteiger partial charge in [-0.15, -0.1) is 24.0 Å². The lowest BCUT2D eigenvalue weighted by atomic mass is 10.2. The number of benzene rings is 1. The van der Waals surface area contributed by atoms with Crippen molar-refractivity contribution in [2.75, 3.05) is 47.4 Å². The molecule has 1 aliphatic rings. The fourth-order valence-electron chi connectivity index (χ4n) is 3.15. The van der Waals surface area contributed by atoms with Crippen LogP contribution in [0.15, 0.2) is 35.3 Å². The Morgan fingerprint density at radius 2 is 2.04 bits per heavy atom. The molecule has 2 unspecified atom stereocenters. The number of carbonyl (C=O) groups excluding carboxylic acids is 1. The average molecular weight is 503 g/mol. The van der Waals surface area contributed by atoms with Crippen LogP contribution in [0.25, 0.3) is 0 Å². The number of ether oxygens (including phenoxy) is 1. The quantitative estimate of drug-likeness (QED) is 0.244. The van der Waals surface area contributed by atoms with Crippen LogP contribution in [-0.2, 0) is 16.1 Å². The van der Waals surface area contributed by atoms with Crippen molar-refractivity contribution in [1.82, 2.24) is 20.4 Å². The second-order valence-corrected chi connectivity index (χ2v) is 7.21. The Labute approximate surface area is 185 Å². The van der Waals surface area contributed by atoms with Crippen LogP contribution >= 0.6 is 24.0 Å². The molecule has 1 aliphatic heterocycles. The third-order valence-electron chi connectivity index (χ3n) is 4.74. The molecule has 28 heavy (non-hydrogen) atoms. The third kappa shape index (κ3) is 8.32. The van der Waals surface area contributed by atoms with Crippen molar-refractivity contribution in [2.24, 2.45) is 4.99 Å². The number of nitrogens with zero attached hydrogens (tertiary/aromatic N) is 3. The Bertz CT molecular complexity index is 612. The number of methoxy groups -OCH3 is 1. The number of carbonyl (C=O) groups is 1. The number of hydrogen-bond acceptors (Lipinski definition) is 4. The number of halogens is 1. The van der Waals surface area contributed by atoms with Crippen LogP contribution in [0.4, 0.5) is 0 Å². The highest BCUT2D eigenvalue weighted by molar-refractivity contribution is 14.0. The first kappa shape index (κ1) is 24.6. The summed E-state index contributed by atoms with van der Waals surface area (Å²) in [6.45, 7) is 5.52. The third-order valence-corrected chi connectivity index (χ3v) is 4.74. The number of hydrogen-bond donors (Lipinski definition) is 2. The van der Waals surface area contributed by atoms with Gasteiger partial charge in [-0.2, -0.15) is 0 Å². The number of likely N-dealkylation sites (tertiary alicyclic amines) is 1. The summed E-state index contributed by atoms with van der Waals surface area (Å²) in [4.78, 5) is 20.3. The molecule has 1 heterocycles. The lowest BCUT2D eigenvalue weighted by molar-refractivity contribution is -0.127. The summed E-state index contributed by atoms with van der Waals surface area (Å²) in [6.07, 6.45) is 1.04. The number of likely N-dealkylation sites (N-methyl/N-ethyl adjacent to an activating group) is 1. The Morgan fingerprint density at radius 3 is 2.68 bits per heavy atom. The monoisotopic (exact) mass is 503 g/mol. The minimum absolute atomic E-state index is 0. The zero-order chi connectivity index (χ0) is 19.6. The highest BCUT2D eigenvalue weighted by Crippen LogP contribution is 2.20. The van der Waals surface area contributed by atoms with Crippen LogP contribution in [0, 0.1) is 0 Å². The van der Waals surface area contributed by atoms with Gasteiger partial charge in [0.15, 0.2) is 5.96 Å². The van der Waals surface area contributed by atoms with Gasteiger partial charge in [0.2, 0.25) is 5.91 Å². The fourth-order valence-corrected chi connectivity index (χ4v) is 3.15. The Kier molecular flexibility index (Phi) is 11.4. The van der Waals surface area contributed by atoms with E-state index in [1.54, 1.807) is 26.1 Å². The van der Waals surface area contributed by atoms with E-state index in [4.69, 9.17) is 4.74 Å². The summed E-state index contributed by atoms with van der Waals surface area (Å²) in [5.41, 5.74) is 1.33. The maximum atomic E-state index is 11.9. The van der Waals surface area contributed by atoms with E-state index in [-0.39, 0.29) is 36.4 Å². The van der Waals surface area contributed by atoms with Crippen LogP contribution in [0.1, 0.15) is 18.9 Å². The number of rotatable bonds is 8. The molecule has 0 radical (unpaired) electrons. The highest BCUT2D eigenvalue weighted by atomic mass is 127. The number of aliphatic imine (C=N–C) groups is 1. The van der Waals surface area contributed by atoms with Gasteiger partial charge in [0.25, 0.3) is 0 Å². The van der Waals surface area contributed by atoms with Gasteiger partial charge >= 0.3 is 0 Å². The lowest BCUT2D eigenvalue weighted by Gasteiger charge is -2.21. The molecule has 7 nitrogen and oxygen atoms in total. The van der Waals surface area contributed by atoms with Gasteiger partial charge in [-0.3, -0.25) is 9.69 Å². The van der Waals surface area contributed by atoms with Gasteiger partial charge in [-0.05, 0) is 18.9 Å². The summed E-state index contributed by atoms with van der Waals surface area (Å²) in [5, 5.41) is 6.73. The van der Waals surface area contributed by atoms with Gasteiger partial charge < -0.3 is 20.3 Å². The van der Waals surface area contributed by atoms with Crippen LogP contribution in [0.3, 0.4) is 0 Å². The zero-order valence-electron chi connectivity index (χ0n) is 17.4. The SMILES string of the molecule is COCCNC(=NCC(=O)N(C)C)NC1CC(C)N(Cc2ccccc2)C1.I. The maximum Gasteiger partial charge on any atom is 0.243 e. The maximum absolute atomic E-state index is 11.9. The van der Waals surface area contributed by atoms with Crippen molar-refractivity contribution in [3.63, 3.8) is 0 Å². The predicted octanol–water partition coefficient (Wildman–Crippen LogP) is 1.54. The fraction of sp³-hybridized carbons (Fsp3) is 0.600.